The van der Waals surface area contributed by atoms with E-state index in [-0.39, 0.29) is 12.3 Å². The van der Waals surface area contributed by atoms with Crippen LogP contribution in [-0.2, 0) is 11.3 Å². The fourth-order valence-corrected chi connectivity index (χ4v) is 1.70. The van der Waals surface area contributed by atoms with Gasteiger partial charge < -0.3 is 15.2 Å². The van der Waals surface area contributed by atoms with E-state index in [1.165, 1.54) is 19.4 Å². The molecule has 0 atom stereocenters. The van der Waals surface area contributed by atoms with Gasteiger partial charge in [-0.15, -0.1) is 0 Å². The Bertz CT molecular complexity index is 708. The molecule has 2 N–H and O–H groups in total. The van der Waals surface area contributed by atoms with E-state index in [4.69, 9.17) is 20.5 Å². The molecule has 0 aliphatic carbocycles. The molecule has 0 saturated heterocycles. The van der Waals surface area contributed by atoms with Crippen molar-refractivity contribution in [1.29, 1.82) is 5.26 Å². The molecule has 0 radical (unpaired) electrons. The number of carbonyl (C=O) groups is 1. The van der Waals surface area contributed by atoms with Crippen LogP contribution in [0.4, 0.5) is 5.69 Å². The molecule has 0 aliphatic heterocycles. The van der Waals surface area contributed by atoms with Gasteiger partial charge in [0.25, 0.3) is 0 Å². The summed E-state index contributed by atoms with van der Waals surface area (Å²) in [5.74, 6) is -0.0799. The number of carbonyl (C=O) groups excluding carboxylic acids is 1. The number of nitrogens with two attached hydrogens (primary N) is 1. The monoisotopic (exact) mass is 283 g/mol. The van der Waals surface area contributed by atoms with Gasteiger partial charge in [-0.25, -0.2) is 9.78 Å². The molecule has 6 nitrogen and oxygen atoms in total. The Morgan fingerprint density at radius 3 is 2.90 bits per heavy atom. The average molecular weight is 283 g/mol. The number of nitrogen functional groups attached to an aromatic ring is 1. The van der Waals surface area contributed by atoms with Crippen LogP contribution < -0.4 is 10.5 Å². The van der Waals surface area contributed by atoms with Crippen molar-refractivity contribution in [3.63, 3.8) is 0 Å². The summed E-state index contributed by atoms with van der Waals surface area (Å²) in [5, 5.41) is 8.76. The van der Waals surface area contributed by atoms with Gasteiger partial charge in [-0.2, -0.15) is 5.26 Å². The van der Waals surface area contributed by atoms with E-state index >= 15 is 0 Å². The van der Waals surface area contributed by atoms with Crippen LogP contribution in [0.5, 0.6) is 5.75 Å². The summed E-state index contributed by atoms with van der Waals surface area (Å²) < 4.78 is 10.2. The fraction of sp³-hybridized carbons (Fsp3) is 0.133. The molecular formula is C15H13N3O3. The Morgan fingerprint density at radius 1 is 1.38 bits per heavy atom. The smallest absolute Gasteiger partial charge is 0.338 e. The summed E-state index contributed by atoms with van der Waals surface area (Å²) in [6.45, 7) is 0.0583. The summed E-state index contributed by atoms with van der Waals surface area (Å²) in [6, 6.07) is 9.83. The standard InChI is InChI=1S/C15H13N3O3/c1-20-14-7-11(2-3-13(14)17)15(19)21-9-10-4-5-18-12(6-10)8-16/h2-7H,9,17H2,1H3. The predicted octanol–water partition coefficient (Wildman–Crippen LogP) is 1.90. The number of hydrogen-bond donors (Lipinski definition) is 1. The van der Waals surface area contributed by atoms with Gasteiger partial charge >= 0.3 is 5.97 Å². The molecule has 2 rings (SSSR count). The summed E-state index contributed by atoms with van der Waals surface area (Å²) in [6.07, 6.45) is 1.49. The van der Waals surface area contributed by atoms with E-state index in [1.807, 2.05) is 6.07 Å². The molecule has 0 spiro atoms. The lowest BCUT2D eigenvalue weighted by Gasteiger charge is -2.08. The summed E-state index contributed by atoms with van der Waals surface area (Å²) in [4.78, 5) is 15.8. The highest BCUT2D eigenvalue weighted by atomic mass is 16.5. The normalized spacial score (nSPS) is 9.71. The zero-order valence-electron chi connectivity index (χ0n) is 11.4. The molecule has 1 aromatic heterocycles. The molecule has 6 heteroatoms. The number of ether oxygens (including phenoxy) is 2. The van der Waals surface area contributed by atoms with Gasteiger partial charge in [-0.1, -0.05) is 0 Å². The van der Waals surface area contributed by atoms with Gasteiger partial charge in [0, 0.05) is 6.20 Å². The number of hydrogen-bond acceptors (Lipinski definition) is 6. The lowest BCUT2D eigenvalue weighted by molar-refractivity contribution is 0.0472. The van der Waals surface area contributed by atoms with Crippen LogP contribution in [0.3, 0.4) is 0 Å². The number of nitriles is 1. The van der Waals surface area contributed by atoms with E-state index in [0.717, 1.165) is 0 Å². The lowest BCUT2D eigenvalue weighted by atomic mass is 10.2. The largest absolute Gasteiger partial charge is 0.495 e. The molecule has 1 heterocycles. The number of methoxy groups -OCH3 is 1. The van der Waals surface area contributed by atoms with Crippen LogP contribution in [0.1, 0.15) is 21.6 Å². The number of rotatable bonds is 4. The first kappa shape index (κ1) is 14.3. The minimum atomic E-state index is -0.497. The van der Waals surface area contributed by atoms with Gasteiger partial charge in [0.15, 0.2) is 0 Å². The number of anilines is 1. The van der Waals surface area contributed by atoms with E-state index in [1.54, 1.807) is 24.3 Å². The molecule has 21 heavy (non-hydrogen) atoms. The SMILES string of the molecule is COc1cc(C(=O)OCc2ccnc(C#N)c2)ccc1N. The van der Waals surface area contributed by atoms with Crippen molar-refractivity contribution in [2.45, 2.75) is 6.61 Å². The molecule has 0 unspecified atom stereocenters. The average Bonchev–Trinajstić information content (AvgIpc) is 2.53. The summed E-state index contributed by atoms with van der Waals surface area (Å²) in [7, 11) is 1.47. The van der Waals surface area contributed by atoms with Crippen molar-refractivity contribution in [3.05, 3.63) is 53.3 Å². The van der Waals surface area contributed by atoms with E-state index in [2.05, 4.69) is 4.98 Å². The second-order valence-electron chi connectivity index (χ2n) is 4.19. The van der Waals surface area contributed by atoms with Crippen LogP contribution in [0.2, 0.25) is 0 Å². The first-order valence-corrected chi connectivity index (χ1v) is 6.09. The Labute approximate surface area is 121 Å². The minimum absolute atomic E-state index is 0.0583. The maximum atomic E-state index is 12.0. The van der Waals surface area contributed by atoms with Crippen molar-refractivity contribution in [1.82, 2.24) is 4.98 Å². The van der Waals surface area contributed by atoms with Crippen molar-refractivity contribution >= 4 is 11.7 Å². The molecule has 2 aromatic rings. The fourth-order valence-electron chi connectivity index (χ4n) is 1.70. The third-order valence-electron chi connectivity index (χ3n) is 2.78. The lowest BCUT2D eigenvalue weighted by Crippen LogP contribution is -2.06. The highest BCUT2D eigenvalue weighted by molar-refractivity contribution is 5.90. The Kier molecular flexibility index (Phi) is 4.36. The van der Waals surface area contributed by atoms with Crippen LogP contribution in [0.15, 0.2) is 36.5 Å². The Hall–Kier alpha value is -3.07. The first-order valence-electron chi connectivity index (χ1n) is 6.09. The minimum Gasteiger partial charge on any atom is -0.495 e. The van der Waals surface area contributed by atoms with E-state index in [0.29, 0.717) is 22.6 Å². The van der Waals surface area contributed by atoms with Gasteiger partial charge in [-0.05, 0) is 35.9 Å². The number of esters is 1. The number of pyridine rings is 1. The third kappa shape index (κ3) is 3.48. The molecule has 0 aliphatic rings. The van der Waals surface area contributed by atoms with Gasteiger partial charge in [0.05, 0.1) is 18.4 Å². The van der Waals surface area contributed by atoms with E-state index in [9.17, 15) is 4.79 Å². The van der Waals surface area contributed by atoms with Gasteiger partial charge in [0.1, 0.15) is 24.1 Å². The van der Waals surface area contributed by atoms with Crippen LogP contribution in [0.25, 0.3) is 0 Å². The maximum Gasteiger partial charge on any atom is 0.338 e. The number of aromatic nitrogens is 1. The third-order valence-corrected chi connectivity index (χ3v) is 2.78. The van der Waals surface area contributed by atoms with E-state index < -0.39 is 5.97 Å². The topological polar surface area (TPSA) is 98.2 Å². The zero-order chi connectivity index (χ0) is 15.2. The molecule has 0 saturated carbocycles. The van der Waals surface area contributed by atoms with Crippen LogP contribution >= 0.6 is 0 Å². The highest BCUT2D eigenvalue weighted by Crippen LogP contribution is 2.22. The summed E-state index contributed by atoms with van der Waals surface area (Å²) >= 11 is 0. The molecule has 1 aromatic carbocycles. The van der Waals surface area contributed by atoms with Crippen molar-refractivity contribution in [2.75, 3.05) is 12.8 Å². The quantitative estimate of drug-likeness (QED) is 0.679. The highest BCUT2D eigenvalue weighted by Gasteiger charge is 2.10. The Balaban J connectivity index is 2.06. The van der Waals surface area contributed by atoms with Crippen LogP contribution in [-0.4, -0.2) is 18.1 Å². The molecule has 0 amide bonds. The molecule has 0 bridgehead atoms. The number of benzene rings is 1. The van der Waals surface area contributed by atoms with Crippen molar-refractivity contribution in [2.24, 2.45) is 0 Å². The maximum absolute atomic E-state index is 12.0. The second kappa shape index (κ2) is 6.39. The summed E-state index contributed by atoms with van der Waals surface area (Å²) in [5.41, 5.74) is 7.44. The first-order chi connectivity index (χ1) is 10.1. The van der Waals surface area contributed by atoms with Crippen molar-refractivity contribution in [3.8, 4) is 11.8 Å². The Morgan fingerprint density at radius 2 is 2.19 bits per heavy atom. The predicted molar refractivity (Wildman–Crippen MR) is 75.5 cm³/mol. The van der Waals surface area contributed by atoms with Gasteiger partial charge in [-0.3, -0.25) is 0 Å². The van der Waals surface area contributed by atoms with Gasteiger partial charge in [0.2, 0.25) is 0 Å². The second-order valence-corrected chi connectivity index (χ2v) is 4.19. The zero-order valence-corrected chi connectivity index (χ0v) is 11.4. The molecular weight excluding hydrogens is 270 g/mol. The van der Waals surface area contributed by atoms with Crippen LogP contribution in [0, 0.1) is 11.3 Å². The van der Waals surface area contributed by atoms with Crippen molar-refractivity contribution < 1.29 is 14.3 Å². The molecule has 0 fully saturated rings. The molecule has 106 valence electrons. The number of nitrogens with zero attached hydrogens (tertiary/aromatic N) is 2.